The maximum absolute atomic E-state index is 12.4. The van der Waals surface area contributed by atoms with Crippen molar-refractivity contribution >= 4 is 35.8 Å². The zero-order valence-corrected chi connectivity index (χ0v) is 15.3. The van der Waals surface area contributed by atoms with Gasteiger partial charge in [-0.3, -0.25) is 4.79 Å². The van der Waals surface area contributed by atoms with Crippen LogP contribution >= 0.6 is 24.2 Å². The number of carbonyl (C=O) groups is 1. The zero-order chi connectivity index (χ0) is 15.5. The van der Waals surface area contributed by atoms with Crippen LogP contribution in [-0.2, 0) is 4.79 Å². The van der Waals surface area contributed by atoms with Crippen LogP contribution in [0.15, 0.2) is 29.2 Å². The highest BCUT2D eigenvalue weighted by molar-refractivity contribution is 8.00. The highest BCUT2D eigenvalue weighted by Gasteiger charge is 2.35. The van der Waals surface area contributed by atoms with Crippen LogP contribution in [0, 0.1) is 0 Å². The number of hydrogen-bond donors (Lipinski definition) is 2. The molecule has 0 bridgehead atoms. The quantitative estimate of drug-likeness (QED) is 0.789. The highest BCUT2D eigenvalue weighted by atomic mass is 35.5. The fourth-order valence-corrected chi connectivity index (χ4v) is 3.60. The Morgan fingerprint density at radius 2 is 1.68 bits per heavy atom. The number of halogens is 1. The van der Waals surface area contributed by atoms with Crippen LogP contribution in [0.5, 0.6) is 0 Å². The van der Waals surface area contributed by atoms with E-state index in [1.54, 1.807) is 0 Å². The van der Waals surface area contributed by atoms with Gasteiger partial charge in [0, 0.05) is 15.3 Å². The van der Waals surface area contributed by atoms with Crippen molar-refractivity contribution in [1.82, 2.24) is 0 Å². The standard InChI is InChI=1S/C17H26N2OS.ClH/c1-16(2,3)21-14-9-7-13(8-10-14)19-15(20)17(18)11-5-4-6-12-17;/h7-10H,4-6,11-12,18H2,1-3H3,(H,19,20);1H. The number of carbonyl (C=O) groups excluding carboxylic acids is 1. The summed E-state index contributed by atoms with van der Waals surface area (Å²) in [7, 11) is 0. The Labute approximate surface area is 144 Å². The minimum atomic E-state index is -0.683. The molecule has 0 aromatic heterocycles. The molecule has 2 rings (SSSR count). The molecule has 0 aliphatic heterocycles. The van der Waals surface area contributed by atoms with Gasteiger partial charge in [-0.1, -0.05) is 40.0 Å². The van der Waals surface area contributed by atoms with Gasteiger partial charge in [0.1, 0.15) is 0 Å². The van der Waals surface area contributed by atoms with Crippen LogP contribution < -0.4 is 11.1 Å². The molecule has 1 aromatic carbocycles. The molecule has 1 aromatic rings. The average Bonchev–Trinajstić information content (AvgIpc) is 2.40. The molecular formula is C17H27ClN2OS. The smallest absolute Gasteiger partial charge is 0.244 e. The van der Waals surface area contributed by atoms with Crippen molar-refractivity contribution < 1.29 is 4.79 Å². The molecule has 0 spiro atoms. The number of hydrogen-bond acceptors (Lipinski definition) is 3. The van der Waals surface area contributed by atoms with Crippen molar-refractivity contribution in [3.05, 3.63) is 24.3 Å². The molecule has 1 aliphatic rings. The summed E-state index contributed by atoms with van der Waals surface area (Å²) in [6, 6.07) is 8.02. The molecular weight excluding hydrogens is 316 g/mol. The first-order valence-electron chi connectivity index (χ1n) is 7.68. The monoisotopic (exact) mass is 342 g/mol. The molecule has 1 amide bonds. The van der Waals surface area contributed by atoms with Gasteiger partial charge in [-0.25, -0.2) is 0 Å². The van der Waals surface area contributed by atoms with E-state index < -0.39 is 5.54 Å². The summed E-state index contributed by atoms with van der Waals surface area (Å²) in [5.41, 5.74) is 6.39. The van der Waals surface area contributed by atoms with E-state index in [-0.39, 0.29) is 23.1 Å². The van der Waals surface area contributed by atoms with E-state index in [9.17, 15) is 4.79 Å². The largest absolute Gasteiger partial charge is 0.324 e. The van der Waals surface area contributed by atoms with Crippen molar-refractivity contribution in [3.63, 3.8) is 0 Å². The second-order valence-electron chi connectivity index (χ2n) is 6.91. The lowest BCUT2D eigenvalue weighted by atomic mass is 9.82. The summed E-state index contributed by atoms with van der Waals surface area (Å²) < 4.78 is 0.189. The number of rotatable bonds is 3. The molecule has 0 saturated heterocycles. The Morgan fingerprint density at radius 1 is 1.14 bits per heavy atom. The van der Waals surface area contributed by atoms with Crippen LogP contribution in [0.25, 0.3) is 0 Å². The first kappa shape index (κ1) is 19.3. The van der Waals surface area contributed by atoms with Gasteiger partial charge in [0.2, 0.25) is 5.91 Å². The molecule has 3 N–H and O–H groups in total. The van der Waals surface area contributed by atoms with E-state index in [2.05, 4.69) is 38.2 Å². The van der Waals surface area contributed by atoms with Crippen molar-refractivity contribution in [2.24, 2.45) is 5.73 Å². The molecule has 0 atom stereocenters. The van der Waals surface area contributed by atoms with E-state index in [0.29, 0.717) is 0 Å². The maximum atomic E-state index is 12.4. The predicted octanol–water partition coefficient (Wildman–Crippen LogP) is 4.60. The summed E-state index contributed by atoms with van der Waals surface area (Å²) >= 11 is 1.82. The van der Waals surface area contributed by atoms with E-state index in [1.807, 2.05) is 23.9 Å². The van der Waals surface area contributed by atoms with Gasteiger partial charge < -0.3 is 11.1 Å². The lowest BCUT2D eigenvalue weighted by Gasteiger charge is -2.31. The molecule has 22 heavy (non-hydrogen) atoms. The summed E-state index contributed by atoms with van der Waals surface area (Å²) in [4.78, 5) is 13.6. The first-order chi connectivity index (χ1) is 9.78. The second kappa shape index (κ2) is 7.71. The van der Waals surface area contributed by atoms with Gasteiger partial charge in [-0.05, 0) is 37.1 Å². The van der Waals surface area contributed by atoms with Gasteiger partial charge in [0.25, 0.3) is 0 Å². The summed E-state index contributed by atoms with van der Waals surface area (Å²) in [6.45, 7) is 6.57. The Balaban J connectivity index is 0.00000242. The normalized spacial score (nSPS) is 17.5. The Kier molecular flexibility index (Phi) is 6.78. The number of amides is 1. The molecule has 0 unspecified atom stereocenters. The van der Waals surface area contributed by atoms with Gasteiger partial charge in [0.15, 0.2) is 0 Å². The van der Waals surface area contributed by atoms with E-state index in [1.165, 1.54) is 11.3 Å². The highest BCUT2D eigenvalue weighted by Crippen LogP contribution is 2.32. The number of thioether (sulfide) groups is 1. The van der Waals surface area contributed by atoms with E-state index in [0.717, 1.165) is 31.4 Å². The van der Waals surface area contributed by atoms with E-state index >= 15 is 0 Å². The van der Waals surface area contributed by atoms with Gasteiger partial charge in [0.05, 0.1) is 5.54 Å². The summed E-state index contributed by atoms with van der Waals surface area (Å²) in [5, 5.41) is 2.97. The molecule has 5 heteroatoms. The number of anilines is 1. The summed E-state index contributed by atoms with van der Waals surface area (Å²) in [6.07, 6.45) is 4.86. The third-order valence-electron chi connectivity index (χ3n) is 3.73. The molecule has 1 fully saturated rings. The topological polar surface area (TPSA) is 55.1 Å². The van der Waals surface area contributed by atoms with Crippen molar-refractivity contribution in [2.45, 2.75) is 68.1 Å². The number of nitrogens with one attached hydrogen (secondary N) is 1. The van der Waals surface area contributed by atoms with Crippen LogP contribution in [0.1, 0.15) is 52.9 Å². The molecule has 0 heterocycles. The Morgan fingerprint density at radius 3 is 2.18 bits per heavy atom. The van der Waals surface area contributed by atoms with Crippen LogP contribution in [0.3, 0.4) is 0 Å². The zero-order valence-electron chi connectivity index (χ0n) is 13.6. The van der Waals surface area contributed by atoms with Crippen molar-refractivity contribution in [2.75, 3.05) is 5.32 Å². The molecule has 3 nitrogen and oxygen atoms in total. The maximum Gasteiger partial charge on any atom is 0.244 e. The SMILES string of the molecule is CC(C)(C)Sc1ccc(NC(=O)C2(N)CCCCC2)cc1.Cl. The molecule has 0 radical (unpaired) electrons. The number of nitrogens with two attached hydrogens (primary N) is 1. The van der Waals surface area contributed by atoms with Gasteiger partial charge >= 0.3 is 0 Å². The molecule has 124 valence electrons. The molecule has 1 aliphatic carbocycles. The number of benzene rings is 1. The Bertz CT molecular complexity index is 490. The van der Waals surface area contributed by atoms with Gasteiger partial charge in [-0.15, -0.1) is 24.2 Å². The third-order valence-corrected chi connectivity index (χ3v) is 4.85. The average molecular weight is 343 g/mol. The molecule has 1 saturated carbocycles. The minimum absolute atomic E-state index is 0. The fourth-order valence-electron chi connectivity index (χ4n) is 2.63. The lowest BCUT2D eigenvalue weighted by Crippen LogP contribution is -2.52. The minimum Gasteiger partial charge on any atom is -0.324 e. The van der Waals surface area contributed by atoms with Crippen LogP contribution in [0.2, 0.25) is 0 Å². The summed E-state index contributed by atoms with van der Waals surface area (Å²) in [5.74, 6) is -0.0431. The van der Waals surface area contributed by atoms with Crippen molar-refractivity contribution in [1.29, 1.82) is 0 Å². The predicted molar refractivity (Wildman–Crippen MR) is 97.9 cm³/mol. The van der Waals surface area contributed by atoms with Gasteiger partial charge in [-0.2, -0.15) is 0 Å². The lowest BCUT2D eigenvalue weighted by molar-refractivity contribution is -0.122. The van der Waals surface area contributed by atoms with Crippen LogP contribution in [0.4, 0.5) is 5.69 Å². The Hall–Kier alpha value is -0.710. The second-order valence-corrected chi connectivity index (χ2v) is 8.81. The van der Waals surface area contributed by atoms with Crippen molar-refractivity contribution in [3.8, 4) is 0 Å². The van der Waals surface area contributed by atoms with E-state index in [4.69, 9.17) is 5.73 Å². The van der Waals surface area contributed by atoms with Crippen LogP contribution in [-0.4, -0.2) is 16.2 Å². The first-order valence-corrected chi connectivity index (χ1v) is 8.50. The fraction of sp³-hybridized carbons (Fsp3) is 0.588. The third kappa shape index (κ3) is 5.49.